The number of alkyl halides is 1. The van der Waals surface area contributed by atoms with Gasteiger partial charge in [0.05, 0.1) is 11.2 Å². The lowest BCUT2D eigenvalue weighted by Gasteiger charge is -2.70. The van der Waals surface area contributed by atoms with Crippen LogP contribution in [0.5, 0.6) is 0 Å². The molecule has 4 aliphatic rings. The van der Waals surface area contributed by atoms with Gasteiger partial charge in [0.15, 0.2) is 0 Å². The van der Waals surface area contributed by atoms with E-state index in [0.717, 1.165) is 5.88 Å². The molecular weight excluding hydrogens is 222 g/mol. The Bertz CT molecular complexity index is 304. The number of hydrogen-bond donors (Lipinski definition) is 0. The van der Waals surface area contributed by atoms with E-state index in [1.807, 2.05) is 0 Å². The van der Waals surface area contributed by atoms with E-state index in [9.17, 15) is 0 Å². The predicted octanol–water partition coefficient (Wildman–Crippen LogP) is 3.24. The topological polar surface area (TPSA) is 18.5 Å². The minimum absolute atomic E-state index is 0.0115. The van der Waals surface area contributed by atoms with Crippen molar-refractivity contribution in [1.82, 2.24) is 0 Å². The van der Waals surface area contributed by atoms with Crippen molar-refractivity contribution in [3.05, 3.63) is 0 Å². The van der Waals surface area contributed by atoms with Crippen LogP contribution in [0.25, 0.3) is 0 Å². The second-order valence-corrected chi connectivity index (χ2v) is 7.38. The summed E-state index contributed by atoms with van der Waals surface area (Å²) in [5.74, 6) is 0.800. The van der Waals surface area contributed by atoms with Crippen LogP contribution in [0.15, 0.2) is 0 Å². The van der Waals surface area contributed by atoms with Crippen molar-refractivity contribution in [3.8, 4) is 0 Å². The molecule has 4 heteroatoms. The zero-order chi connectivity index (χ0) is 11.8. The van der Waals surface area contributed by atoms with Gasteiger partial charge in [-0.05, 0) is 52.4 Å². The normalized spacial score (nSPS) is 47.4. The molecule has 0 aromatic carbocycles. The van der Waals surface area contributed by atoms with Crippen LogP contribution in [-0.4, -0.2) is 24.2 Å². The van der Waals surface area contributed by atoms with Crippen LogP contribution >= 0.6 is 11.6 Å². The SMILES string of the molecule is CC1(C)OB(C23CC(CCl)(C2)C3)OC1(C)C. The fraction of sp³-hybridized carbons (Fsp3) is 1.00. The molecule has 0 aromatic rings. The molecule has 0 aromatic heterocycles. The summed E-state index contributed by atoms with van der Waals surface area (Å²) in [6, 6.07) is 0. The maximum absolute atomic E-state index is 6.13. The number of hydrogen-bond acceptors (Lipinski definition) is 2. The lowest BCUT2D eigenvalue weighted by atomic mass is 9.24. The number of rotatable bonds is 2. The third-order valence-electron chi connectivity index (χ3n) is 5.22. The van der Waals surface area contributed by atoms with Gasteiger partial charge in [0.25, 0.3) is 0 Å². The van der Waals surface area contributed by atoms with Crippen LogP contribution in [0, 0.1) is 5.41 Å². The Morgan fingerprint density at radius 1 is 1.00 bits per heavy atom. The minimum Gasteiger partial charge on any atom is -0.403 e. The van der Waals surface area contributed by atoms with Gasteiger partial charge in [0.2, 0.25) is 0 Å². The van der Waals surface area contributed by atoms with Crippen LogP contribution in [0.1, 0.15) is 47.0 Å². The quantitative estimate of drug-likeness (QED) is 0.547. The average Bonchev–Trinajstić information content (AvgIpc) is 2.16. The first-order valence-electron chi connectivity index (χ1n) is 6.16. The molecule has 16 heavy (non-hydrogen) atoms. The number of halogens is 1. The van der Waals surface area contributed by atoms with Crippen molar-refractivity contribution in [2.45, 2.75) is 63.5 Å². The summed E-state index contributed by atoms with van der Waals surface area (Å²) in [5, 5.41) is 0.292. The summed E-state index contributed by atoms with van der Waals surface area (Å²) in [6.45, 7) is 8.48. The average molecular weight is 243 g/mol. The maximum atomic E-state index is 6.13. The van der Waals surface area contributed by atoms with Crippen LogP contribution < -0.4 is 0 Å². The van der Waals surface area contributed by atoms with Crippen LogP contribution in [0.4, 0.5) is 0 Å². The molecule has 0 unspecified atom stereocenters. The summed E-state index contributed by atoms with van der Waals surface area (Å²) in [6.07, 6.45) is 3.58. The molecule has 1 aliphatic heterocycles. The van der Waals surface area contributed by atoms with Gasteiger partial charge in [-0.15, -0.1) is 11.6 Å². The smallest absolute Gasteiger partial charge is 0.403 e. The lowest BCUT2D eigenvalue weighted by molar-refractivity contribution is -0.0904. The fourth-order valence-electron chi connectivity index (χ4n) is 3.57. The molecule has 3 aliphatic carbocycles. The highest BCUT2D eigenvalue weighted by atomic mass is 35.5. The molecule has 4 rings (SSSR count). The Morgan fingerprint density at radius 3 is 1.81 bits per heavy atom. The third-order valence-corrected chi connectivity index (χ3v) is 5.78. The first-order valence-corrected chi connectivity index (χ1v) is 6.69. The molecule has 4 fully saturated rings. The molecule has 0 N–H and O–H groups in total. The first kappa shape index (κ1) is 11.4. The van der Waals surface area contributed by atoms with E-state index in [2.05, 4.69) is 27.7 Å². The summed E-state index contributed by atoms with van der Waals surface area (Å²) in [7, 11) is -0.0115. The summed E-state index contributed by atoms with van der Waals surface area (Å²) in [4.78, 5) is 0. The van der Waals surface area contributed by atoms with Gasteiger partial charge in [0.1, 0.15) is 0 Å². The summed E-state index contributed by atoms with van der Waals surface area (Å²) < 4.78 is 12.3. The molecule has 3 saturated carbocycles. The Hall–Kier alpha value is 0.275. The van der Waals surface area contributed by atoms with E-state index in [0.29, 0.717) is 10.7 Å². The summed E-state index contributed by atoms with van der Waals surface area (Å²) >= 11 is 5.98. The molecular formula is C12H20BClO2. The highest BCUT2D eigenvalue weighted by Crippen LogP contribution is 2.80. The second kappa shape index (κ2) is 2.81. The molecule has 0 spiro atoms. The lowest BCUT2D eigenvalue weighted by Crippen LogP contribution is -2.64. The van der Waals surface area contributed by atoms with Gasteiger partial charge in [-0.3, -0.25) is 0 Å². The second-order valence-electron chi connectivity index (χ2n) is 7.11. The Morgan fingerprint density at radius 2 is 1.44 bits per heavy atom. The largest absolute Gasteiger partial charge is 0.464 e. The van der Waals surface area contributed by atoms with Crippen molar-refractivity contribution in [3.63, 3.8) is 0 Å². The third kappa shape index (κ3) is 1.17. The van der Waals surface area contributed by atoms with Crippen molar-refractivity contribution >= 4 is 18.7 Å². The van der Waals surface area contributed by atoms with Gasteiger partial charge in [-0.1, -0.05) is 0 Å². The maximum Gasteiger partial charge on any atom is 0.464 e. The molecule has 1 heterocycles. The monoisotopic (exact) mass is 242 g/mol. The molecule has 2 bridgehead atoms. The van der Waals surface area contributed by atoms with Gasteiger partial charge < -0.3 is 9.31 Å². The van der Waals surface area contributed by atoms with Crippen LogP contribution in [-0.2, 0) is 9.31 Å². The molecule has 2 nitrogen and oxygen atoms in total. The van der Waals surface area contributed by atoms with E-state index in [-0.39, 0.29) is 18.3 Å². The van der Waals surface area contributed by atoms with Gasteiger partial charge >= 0.3 is 7.12 Å². The predicted molar refractivity (Wildman–Crippen MR) is 65.8 cm³/mol. The highest BCUT2D eigenvalue weighted by Gasteiger charge is 2.76. The van der Waals surface area contributed by atoms with Crippen molar-refractivity contribution < 1.29 is 9.31 Å². The zero-order valence-corrected chi connectivity index (χ0v) is 11.4. The first-order chi connectivity index (χ1) is 7.24. The highest BCUT2D eigenvalue weighted by molar-refractivity contribution is 6.51. The van der Waals surface area contributed by atoms with Crippen molar-refractivity contribution in [2.75, 3.05) is 5.88 Å². The van der Waals surface area contributed by atoms with Crippen LogP contribution in [0.2, 0.25) is 5.31 Å². The molecule has 0 radical (unpaired) electrons. The van der Waals surface area contributed by atoms with E-state index >= 15 is 0 Å². The summed E-state index contributed by atoms with van der Waals surface area (Å²) in [5.41, 5.74) is 0.0492. The van der Waals surface area contributed by atoms with Gasteiger partial charge in [-0.25, -0.2) is 0 Å². The van der Waals surface area contributed by atoms with E-state index in [1.54, 1.807) is 0 Å². The molecule has 90 valence electrons. The van der Waals surface area contributed by atoms with Crippen LogP contribution in [0.3, 0.4) is 0 Å². The van der Waals surface area contributed by atoms with E-state index in [4.69, 9.17) is 20.9 Å². The van der Waals surface area contributed by atoms with Crippen molar-refractivity contribution in [1.29, 1.82) is 0 Å². The minimum atomic E-state index is -0.193. The van der Waals surface area contributed by atoms with Gasteiger partial charge in [0, 0.05) is 11.2 Å². The molecule has 0 atom stereocenters. The zero-order valence-electron chi connectivity index (χ0n) is 10.6. The Kier molecular flexibility index (Phi) is 2.00. The fourth-order valence-corrected chi connectivity index (χ4v) is 3.85. The Labute approximate surface area is 103 Å². The molecule has 0 amide bonds. The van der Waals surface area contributed by atoms with Gasteiger partial charge in [-0.2, -0.15) is 0 Å². The van der Waals surface area contributed by atoms with E-state index in [1.165, 1.54) is 19.3 Å². The van der Waals surface area contributed by atoms with E-state index < -0.39 is 0 Å². The Balaban J connectivity index is 1.73. The van der Waals surface area contributed by atoms with Crippen molar-refractivity contribution in [2.24, 2.45) is 5.41 Å². The standard InChI is InChI=1S/C12H20BClO2/c1-9(2)10(3,4)16-13(15-9)12-5-11(6-12,7-12)8-14/h5-8H2,1-4H3. The molecule has 1 saturated heterocycles.